The molecular weight excluding hydrogens is 466 g/mol. The first-order chi connectivity index (χ1) is 18.6. The summed E-state index contributed by atoms with van der Waals surface area (Å²) in [6, 6.07) is 28.6. The van der Waals surface area contributed by atoms with Crippen molar-refractivity contribution in [2.24, 2.45) is 4.99 Å². The van der Waals surface area contributed by atoms with Gasteiger partial charge < -0.3 is 9.73 Å². The second-order valence-electron chi connectivity index (χ2n) is 9.14. The van der Waals surface area contributed by atoms with Crippen LogP contribution in [0.25, 0.3) is 45.5 Å². The smallest absolute Gasteiger partial charge is 0.154 e. The summed E-state index contributed by atoms with van der Waals surface area (Å²) in [6.07, 6.45) is 6.63. The Labute approximate surface area is 222 Å². The maximum Gasteiger partial charge on any atom is 0.154 e. The Kier molecular flexibility index (Phi) is 7.32. The molecule has 0 saturated heterocycles. The number of rotatable bonds is 6. The summed E-state index contributed by atoms with van der Waals surface area (Å²) in [6.45, 7) is 8.91. The fourth-order valence-electron chi connectivity index (χ4n) is 4.81. The molecule has 0 bridgehead atoms. The highest BCUT2D eigenvalue weighted by atomic mass is 16.3. The van der Waals surface area contributed by atoms with E-state index >= 15 is 0 Å². The first kappa shape index (κ1) is 25.0. The predicted octanol–water partition coefficient (Wildman–Crippen LogP) is 6.94. The lowest BCUT2D eigenvalue weighted by Gasteiger charge is -2.13. The third kappa shape index (κ3) is 4.94. The molecule has 0 aliphatic heterocycles. The minimum atomic E-state index is 0.232. The van der Waals surface area contributed by atoms with Crippen LogP contribution in [0.5, 0.6) is 0 Å². The first-order valence-corrected chi connectivity index (χ1v) is 12.8. The van der Waals surface area contributed by atoms with Crippen molar-refractivity contribution < 1.29 is 4.42 Å². The zero-order valence-electron chi connectivity index (χ0n) is 21.8. The van der Waals surface area contributed by atoms with Crippen LogP contribution in [0.1, 0.15) is 31.4 Å². The summed E-state index contributed by atoms with van der Waals surface area (Å²) in [4.78, 5) is 4.74. The lowest BCUT2D eigenvalue weighted by atomic mass is 9.92. The molecule has 0 saturated carbocycles. The van der Waals surface area contributed by atoms with Gasteiger partial charge in [-0.05, 0) is 59.5 Å². The highest BCUT2D eigenvalue weighted by molar-refractivity contribution is 6.16. The van der Waals surface area contributed by atoms with Crippen molar-refractivity contribution in [1.29, 1.82) is 5.41 Å². The molecule has 188 valence electrons. The number of aliphatic imine (C=N–C) groups is 1. The summed E-state index contributed by atoms with van der Waals surface area (Å²) in [5.74, 6) is 0.994. The number of nitrogens with one attached hydrogen (secondary N) is 2. The zero-order chi connectivity index (χ0) is 26.5. The Bertz CT molecular complexity index is 1790. The Hall–Kier alpha value is -4.70. The number of hydrogen-bond acceptors (Lipinski definition) is 2. The largest absolute Gasteiger partial charge is 0.456 e. The number of furan rings is 1. The van der Waals surface area contributed by atoms with Crippen molar-refractivity contribution in [3.8, 4) is 11.1 Å². The molecule has 0 amide bonds. The van der Waals surface area contributed by atoms with Gasteiger partial charge in [-0.1, -0.05) is 91.5 Å². The fourth-order valence-corrected chi connectivity index (χ4v) is 4.81. The molecule has 1 heterocycles. The molecule has 5 rings (SSSR count). The SMILES string of the molecule is C=c1/c(=C\C)oc2cccc(-c3ccc(C(=N)/N=C(/C/C=C\C)NCc4ccccc4)c4ccccc34)c12. The van der Waals surface area contributed by atoms with E-state index in [2.05, 4.69) is 54.4 Å². The van der Waals surface area contributed by atoms with E-state index in [9.17, 15) is 0 Å². The van der Waals surface area contributed by atoms with Crippen LogP contribution in [0.4, 0.5) is 0 Å². The summed E-state index contributed by atoms with van der Waals surface area (Å²) in [5, 5.41) is 16.3. The lowest BCUT2D eigenvalue weighted by Crippen LogP contribution is -2.23. The third-order valence-electron chi connectivity index (χ3n) is 6.71. The summed E-state index contributed by atoms with van der Waals surface area (Å²) in [5.41, 5.74) is 5.73. The summed E-state index contributed by atoms with van der Waals surface area (Å²) >= 11 is 0. The van der Waals surface area contributed by atoms with E-state index in [4.69, 9.17) is 14.8 Å². The molecule has 4 nitrogen and oxygen atoms in total. The van der Waals surface area contributed by atoms with Crippen LogP contribution < -0.4 is 16.0 Å². The van der Waals surface area contributed by atoms with E-state index in [1.54, 1.807) is 0 Å². The van der Waals surface area contributed by atoms with Gasteiger partial charge in [0.05, 0.1) is 0 Å². The number of allylic oxidation sites excluding steroid dienone is 1. The Balaban J connectivity index is 1.57. The van der Waals surface area contributed by atoms with Gasteiger partial charge in [0.15, 0.2) is 5.84 Å². The lowest BCUT2D eigenvalue weighted by molar-refractivity contribution is 0.575. The highest BCUT2D eigenvalue weighted by Gasteiger charge is 2.15. The van der Waals surface area contributed by atoms with Gasteiger partial charge in [0.2, 0.25) is 0 Å². The number of nitrogens with zero attached hydrogens (tertiary/aromatic N) is 1. The molecule has 1 aromatic heterocycles. The average Bonchev–Trinajstić information content (AvgIpc) is 3.30. The molecule has 4 aromatic carbocycles. The first-order valence-electron chi connectivity index (χ1n) is 12.8. The van der Waals surface area contributed by atoms with Crippen molar-refractivity contribution in [2.75, 3.05) is 0 Å². The number of benzene rings is 4. The second kappa shape index (κ2) is 11.1. The second-order valence-corrected chi connectivity index (χ2v) is 9.14. The van der Waals surface area contributed by atoms with Gasteiger partial charge in [-0.3, -0.25) is 5.41 Å². The van der Waals surface area contributed by atoms with Gasteiger partial charge >= 0.3 is 0 Å². The number of amidine groups is 2. The molecule has 0 aliphatic carbocycles. The molecule has 4 heteroatoms. The quantitative estimate of drug-likeness (QED) is 0.152. The van der Waals surface area contributed by atoms with Gasteiger partial charge in [0.25, 0.3) is 0 Å². The Morgan fingerprint density at radius 3 is 2.42 bits per heavy atom. The van der Waals surface area contributed by atoms with Crippen LogP contribution in [0.2, 0.25) is 0 Å². The van der Waals surface area contributed by atoms with Gasteiger partial charge in [-0.25, -0.2) is 4.99 Å². The maximum absolute atomic E-state index is 8.95. The standard InChI is InChI=1S/C34H31N3O/c1-4-6-19-32(36-22-24-13-8-7-9-14-24)37-34(35)29-21-20-27(25-15-10-11-16-26(25)29)28-17-12-18-31-33(28)23(3)30(5-2)38-31/h4-18,20-21H,3,19,22H2,1-2H3,(H2,35,36,37)/b6-4-,30-5+. The number of fused-ring (bicyclic) bond motifs is 2. The molecule has 0 unspecified atom stereocenters. The van der Waals surface area contributed by atoms with Crippen LogP contribution in [0.15, 0.2) is 106 Å². The number of hydrogen-bond donors (Lipinski definition) is 2. The van der Waals surface area contributed by atoms with Gasteiger partial charge in [0.1, 0.15) is 16.8 Å². The van der Waals surface area contributed by atoms with E-state index in [-0.39, 0.29) is 5.84 Å². The van der Waals surface area contributed by atoms with Crippen LogP contribution in [0, 0.1) is 5.41 Å². The molecule has 0 atom stereocenters. The van der Waals surface area contributed by atoms with Crippen molar-refractivity contribution in [3.05, 3.63) is 119 Å². The Morgan fingerprint density at radius 1 is 0.895 bits per heavy atom. The normalized spacial score (nSPS) is 12.6. The van der Waals surface area contributed by atoms with Crippen molar-refractivity contribution in [3.63, 3.8) is 0 Å². The van der Waals surface area contributed by atoms with E-state index < -0.39 is 0 Å². The molecule has 5 aromatic rings. The molecule has 0 spiro atoms. The van der Waals surface area contributed by atoms with E-state index in [0.29, 0.717) is 13.0 Å². The van der Waals surface area contributed by atoms with Crippen LogP contribution in [0.3, 0.4) is 0 Å². The molecule has 0 aliphatic rings. The van der Waals surface area contributed by atoms with Gasteiger partial charge in [-0.2, -0.15) is 0 Å². The average molecular weight is 498 g/mol. The minimum Gasteiger partial charge on any atom is -0.456 e. The van der Waals surface area contributed by atoms with Gasteiger partial charge in [0, 0.05) is 29.1 Å². The molecule has 0 radical (unpaired) electrons. The van der Waals surface area contributed by atoms with Crippen molar-refractivity contribution in [1.82, 2.24) is 5.32 Å². The van der Waals surface area contributed by atoms with Crippen LogP contribution in [-0.2, 0) is 6.54 Å². The Morgan fingerprint density at radius 2 is 1.66 bits per heavy atom. The van der Waals surface area contributed by atoms with E-state index in [0.717, 1.165) is 54.9 Å². The summed E-state index contributed by atoms with van der Waals surface area (Å²) < 4.78 is 6.03. The zero-order valence-corrected chi connectivity index (χ0v) is 21.8. The molecule has 38 heavy (non-hydrogen) atoms. The van der Waals surface area contributed by atoms with E-state index in [1.807, 2.05) is 74.5 Å². The van der Waals surface area contributed by atoms with Crippen molar-refractivity contribution >= 4 is 46.1 Å². The molecular formula is C34H31N3O. The monoisotopic (exact) mass is 497 g/mol. The molecule has 2 N–H and O–H groups in total. The maximum atomic E-state index is 8.95. The van der Waals surface area contributed by atoms with E-state index in [1.165, 1.54) is 5.56 Å². The van der Waals surface area contributed by atoms with Crippen LogP contribution >= 0.6 is 0 Å². The van der Waals surface area contributed by atoms with Gasteiger partial charge in [-0.15, -0.1) is 0 Å². The molecule has 0 fully saturated rings. The van der Waals surface area contributed by atoms with Crippen molar-refractivity contribution in [2.45, 2.75) is 26.8 Å². The minimum absolute atomic E-state index is 0.232. The predicted molar refractivity (Wildman–Crippen MR) is 161 cm³/mol. The highest BCUT2D eigenvalue weighted by Crippen LogP contribution is 2.34. The summed E-state index contributed by atoms with van der Waals surface area (Å²) in [7, 11) is 0. The van der Waals surface area contributed by atoms with Crippen LogP contribution in [-0.4, -0.2) is 11.7 Å². The topological polar surface area (TPSA) is 61.4 Å². The fraction of sp³-hybridized carbons (Fsp3) is 0.118. The third-order valence-corrected chi connectivity index (χ3v) is 6.71.